The summed E-state index contributed by atoms with van der Waals surface area (Å²) in [5.41, 5.74) is 5.60. The Labute approximate surface area is 92.6 Å². The molecule has 1 heterocycles. The number of piperidine rings is 1. The summed E-state index contributed by atoms with van der Waals surface area (Å²) in [6.45, 7) is 5.17. The fourth-order valence-corrected chi connectivity index (χ4v) is 3.25. The van der Waals surface area contributed by atoms with E-state index < -0.39 is 5.60 Å². The van der Waals surface area contributed by atoms with Gasteiger partial charge in [-0.1, -0.05) is 19.8 Å². The van der Waals surface area contributed by atoms with Gasteiger partial charge in [-0.15, -0.1) is 0 Å². The van der Waals surface area contributed by atoms with Gasteiger partial charge in [0.05, 0.1) is 5.60 Å². The number of hydrogen-bond acceptors (Lipinski definition) is 3. The van der Waals surface area contributed by atoms with Crippen molar-refractivity contribution in [2.45, 2.75) is 50.7 Å². The molecule has 15 heavy (non-hydrogen) atoms. The molecule has 88 valence electrons. The molecule has 2 aliphatic rings. The van der Waals surface area contributed by atoms with Crippen LogP contribution in [0.3, 0.4) is 0 Å². The third-order valence-electron chi connectivity index (χ3n) is 3.82. The van der Waals surface area contributed by atoms with Crippen LogP contribution in [0.1, 0.15) is 39.0 Å². The van der Waals surface area contributed by atoms with Gasteiger partial charge in [0, 0.05) is 25.7 Å². The predicted octanol–water partition coefficient (Wildman–Crippen LogP) is 0.961. The van der Waals surface area contributed by atoms with E-state index in [1.165, 1.54) is 12.8 Å². The molecule has 2 unspecified atom stereocenters. The second kappa shape index (κ2) is 4.40. The van der Waals surface area contributed by atoms with Gasteiger partial charge in [0.25, 0.3) is 0 Å². The van der Waals surface area contributed by atoms with Crippen molar-refractivity contribution in [2.24, 2.45) is 11.7 Å². The molecule has 2 fully saturated rings. The molecule has 2 rings (SSSR count). The van der Waals surface area contributed by atoms with E-state index in [4.69, 9.17) is 5.73 Å². The van der Waals surface area contributed by atoms with E-state index in [1.54, 1.807) is 0 Å². The number of nitrogens with zero attached hydrogens (tertiary/aromatic N) is 1. The van der Waals surface area contributed by atoms with Crippen LogP contribution in [-0.2, 0) is 0 Å². The molecule has 0 aromatic carbocycles. The molecule has 3 N–H and O–H groups in total. The standard InChI is InChI=1S/C12H24N2O/c1-10-6-11(13)8-14(7-10)9-12(15)4-2-3-5-12/h10-11,15H,2-9,13H2,1H3. The van der Waals surface area contributed by atoms with Gasteiger partial charge >= 0.3 is 0 Å². The largest absolute Gasteiger partial charge is 0.389 e. The monoisotopic (exact) mass is 212 g/mol. The summed E-state index contributed by atoms with van der Waals surface area (Å²) in [5.74, 6) is 0.679. The van der Waals surface area contributed by atoms with Crippen LogP contribution in [-0.4, -0.2) is 41.3 Å². The van der Waals surface area contributed by atoms with Crippen LogP contribution in [0, 0.1) is 5.92 Å². The highest BCUT2D eigenvalue weighted by Crippen LogP contribution is 2.31. The van der Waals surface area contributed by atoms with Gasteiger partial charge in [0.1, 0.15) is 0 Å². The Bertz CT molecular complexity index is 204. The predicted molar refractivity (Wildman–Crippen MR) is 61.6 cm³/mol. The Morgan fingerprint density at radius 1 is 1.33 bits per heavy atom. The van der Waals surface area contributed by atoms with Crippen molar-refractivity contribution in [3.63, 3.8) is 0 Å². The molecule has 0 amide bonds. The second-order valence-corrected chi connectivity index (χ2v) is 5.73. The van der Waals surface area contributed by atoms with E-state index in [1.807, 2.05) is 0 Å². The minimum absolute atomic E-state index is 0.304. The van der Waals surface area contributed by atoms with Crippen molar-refractivity contribution in [1.29, 1.82) is 0 Å². The van der Waals surface area contributed by atoms with Crippen LogP contribution in [0.5, 0.6) is 0 Å². The zero-order chi connectivity index (χ0) is 10.9. The minimum atomic E-state index is -0.406. The summed E-state index contributed by atoms with van der Waals surface area (Å²) in [4.78, 5) is 2.37. The lowest BCUT2D eigenvalue weighted by molar-refractivity contribution is -0.00353. The Morgan fingerprint density at radius 3 is 2.60 bits per heavy atom. The fourth-order valence-electron chi connectivity index (χ4n) is 3.25. The van der Waals surface area contributed by atoms with Gasteiger partial charge in [0.2, 0.25) is 0 Å². The van der Waals surface area contributed by atoms with E-state index in [9.17, 15) is 5.11 Å². The SMILES string of the molecule is CC1CC(N)CN(CC2(O)CCCC2)C1. The van der Waals surface area contributed by atoms with Gasteiger partial charge in [-0.25, -0.2) is 0 Å². The van der Waals surface area contributed by atoms with Crippen molar-refractivity contribution in [1.82, 2.24) is 4.90 Å². The fraction of sp³-hybridized carbons (Fsp3) is 1.00. The zero-order valence-corrected chi connectivity index (χ0v) is 9.78. The molecular formula is C12H24N2O. The molecule has 1 aliphatic heterocycles. The lowest BCUT2D eigenvalue weighted by Crippen LogP contribution is -2.51. The van der Waals surface area contributed by atoms with Crippen LogP contribution >= 0.6 is 0 Å². The maximum Gasteiger partial charge on any atom is 0.0774 e. The van der Waals surface area contributed by atoms with Gasteiger partial charge in [-0.2, -0.15) is 0 Å². The average molecular weight is 212 g/mol. The minimum Gasteiger partial charge on any atom is -0.389 e. The molecule has 0 bridgehead atoms. The van der Waals surface area contributed by atoms with E-state index >= 15 is 0 Å². The number of β-amino-alcohol motifs (C(OH)–C–C–N with tert-alkyl or cyclic N) is 1. The smallest absolute Gasteiger partial charge is 0.0774 e. The Morgan fingerprint density at radius 2 is 2.00 bits per heavy atom. The van der Waals surface area contributed by atoms with Crippen LogP contribution < -0.4 is 5.73 Å². The average Bonchev–Trinajstić information content (AvgIpc) is 2.49. The summed E-state index contributed by atoms with van der Waals surface area (Å²) in [6, 6.07) is 0.304. The lowest BCUT2D eigenvalue weighted by atomic mass is 9.94. The Balaban J connectivity index is 1.87. The van der Waals surface area contributed by atoms with E-state index in [0.717, 1.165) is 38.9 Å². The van der Waals surface area contributed by atoms with Crippen molar-refractivity contribution < 1.29 is 5.11 Å². The molecule has 0 spiro atoms. The third-order valence-corrected chi connectivity index (χ3v) is 3.82. The van der Waals surface area contributed by atoms with Crippen LogP contribution in [0.15, 0.2) is 0 Å². The highest BCUT2D eigenvalue weighted by Gasteiger charge is 2.34. The molecule has 3 heteroatoms. The molecule has 0 aromatic rings. The van der Waals surface area contributed by atoms with Gasteiger partial charge in [0.15, 0.2) is 0 Å². The van der Waals surface area contributed by atoms with Crippen molar-refractivity contribution >= 4 is 0 Å². The van der Waals surface area contributed by atoms with Crippen molar-refractivity contribution in [3.05, 3.63) is 0 Å². The first kappa shape index (κ1) is 11.4. The second-order valence-electron chi connectivity index (χ2n) is 5.73. The molecule has 3 nitrogen and oxygen atoms in total. The number of rotatable bonds is 2. The zero-order valence-electron chi connectivity index (χ0n) is 9.78. The molecular weight excluding hydrogens is 188 g/mol. The molecule has 1 aliphatic carbocycles. The normalized spacial score (nSPS) is 37.0. The third kappa shape index (κ3) is 2.92. The van der Waals surface area contributed by atoms with E-state index in [-0.39, 0.29) is 0 Å². The topological polar surface area (TPSA) is 49.5 Å². The van der Waals surface area contributed by atoms with Crippen LogP contribution in [0.4, 0.5) is 0 Å². The molecule has 1 saturated heterocycles. The first-order valence-electron chi connectivity index (χ1n) is 6.28. The summed E-state index contributed by atoms with van der Waals surface area (Å²) in [7, 11) is 0. The highest BCUT2D eigenvalue weighted by molar-refractivity contribution is 4.90. The van der Waals surface area contributed by atoms with Crippen LogP contribution in [0.2, 0.25) is 0 Å². The Hall–Kier alpha value is -0.120. The highest BCUT2D eigenvalue weighted by atomic mass is 16.3. The van der Waals surface area contributed by atoms with Gasteiger partial charge < -0.3 is 10.8 Å². The van der Waals surface area contributed by atoms with Crippen molar-refractivity contribution in [2.75, 3.05) is 19.6 Å². The molecule has 0 radical (unpaired) electrons. The van der Waals surface area contributed by atoms with Gasteiger partial charge in [-0.3, -0.25) is 4.90 Å². The number of hydrogen-bond donors (Lipinski definition) is 2. The summed E-state index contributed by atoms with van der Waals surface area (Å²) in [6.07, 6.45) is 5.47. The lowest BCUT2D eigenvalue weighted by Gasteiger charge is -2.38. The van der Waals surface area contributed by atoms with Crippen LogP contribution in [0.25, 0.3) is 0 Å². The maximum absolute atomic E-state index is 10.3. The Kier molecular flexibility index (Phi) is 3.33. The molecule has 1 saturated carbocycles. The quantitative estimate of drug-likeness (QED) is 0.717. The van der Waals surface area contributed by atoms with Gasteiger partial charge in [-0.05, 0) is 25.2 Å². The molecule has 2 atom stereocenters. The maximum atomic E-state index is 10.3. The van der Waals surface area contributed by atoms with E-state index in [2.05, 4.69) is 11.8 Å². The van der Waals surface area contributed by atoms with Crippen molar-refractivity contribution in [3.8, 4) is 0 Å². The number of likely N-dealkylation sites (tertiary alicyclic amines) is 1. The summed E-state index contributed by atoms with van der Waals surface area (Å²) < 4.78 is 0. The number of aliphatic hydroxyl groups is 1. The summed E-state index contributed by atoms with van der Waals surface area (Å²) >= 11 is 0. The first-order chi connectivity index (χ1) is 7.07. The number of nitrogens with two attached hydrogens (primary N) is 1. The van der Waals surface area contributed by atoms with E-state index in [0.29, 0.717) is 12.0 Å². The first-order valence-corrected chi connectivity index (χ1v) is 6.28. The summed E-state index contributed by atoms with van der Waals surface area (Å²) in [5, 5.41) is 10.3. The molecule has 0 aromatic heterocycles.